The number of para-hydroxylation sites is 1. The molecule has 0 aromatic heterocycles. The molecule has 1 spiro atoms. The van der Waals surface area contributed by atoms with E-state index in [9.17, 15) is 14.4 Å². The highest BCUT2D eigenvalue weighted by Gasteiger charge is 2.49. The van der Waals surface area contributed by atoms with E-state index in [4.69, 9.17) is 15.2 Å². The van der Waals surface area contributed by atoms with Crippen molar-refractivity contribution in [2.45, 2.75) is 25.8 Å². The highest BCUT2D eigenvalue weighted by molar-refractivity contribution is 5.87. The Morgan fingerprint density at radius 2 is 2.00 bits per heavy atom. The lowest BCUT2D eigenvalue weighted by molar-refractivity contribution is -0.146. The zero-order valence-corrected chi connectivity index (χ0v) is 16.9. The summed E-state index contributed by atoms with van der Waals surface area (Å²) >= 11 is 0. The number of nitrogens with two attached hydrogens (primary N) is 1. The van der Waals surface area contributed by atoms with Gasteiger partial charge in [-0.3, -0.25) is 9.59 Å². The van der Waals surface area contributed by atoms with E-state index in [0.29, 0.717) is 44.1 Å². The van der Waals surface area contributed by atoms with E-state index >= 15 is 0 Å². The number of rotatable bonds is 6. The summed E-state index contributed by atoms with van der Waals surface area (Å²) in [6, 6.07) is 4.89. The molecule has 0 aliphatic carbocycles. The van der Waals surface area contributed by atoms with Gasteiger partial charge in [0.2, 0.25) is 11.8 Å². The number of piperidine rings is 1. The van der Waals surface area contributed by atoms with Crippen LogP contribution in [0, 0.1) is 5.41 Å². The van der Waals surface area contributed by atoms with Crippen LogP contribution in [0.2, 0.25) is 0 Å². The van der Waals surface area contributed by atoms with E-state index in [1.165, 1.54) is 0 Å². The number of carbonyl (C=O) groups is 3. The Balaban J connectivity index is 1.71. The van der Waals surface area contributed by atoms with Crippen LogP contribution >= 0.6 is 0 Å². The van der Waals surface area contributed by atoms with Crippen molar-refractivity contribution in [3.63, 3.8) is 0 Å². The van der Waals surface area contributed by atoms with Crippen molar-refractivity contribution in [3.8, 4) is 11.5 Å². The van der Waals surface area contributed by atoms with Crippen LogP contribution in [-0.4, -0.2) is 68.0 Å². The number of carbonyl (C=O) groups excluding carboxylic acids is 3. The number of methoxy groups -OCH3 is 2. The molecular formula is C20H28N4O5. The van der Waals surface area contributed by atoms with Gasteiger partial charge in [-0.25, -0.2) is 4.79 Å². The Kier molecular flexibility index (Phi) is 6.14. The fourth-order valence-corrected chi connectivity index (χ4v) is 4.33. The van der Waals surface area contributed by atoms with Gasteiger partial charge in [0, 0.05) is 31.7 Å². The van der Waals surface area contributed by atoms with Gasteiger partial charge in [-0.15, -0.1) is 0 Å². The molecule has 2 heterocycles. The molecule has 0 radical (unpaired) electrons. The number of benzene rings is 1. The molecule has 1 aromatic rings. The van der Waals surface area contributed by atoms with Crippen LogP contribution in [0.25, 0.3) is 0 Å². The third-order valence-corrected chi connectivity index (χ3v) is 5.79. The molecule has 1 aromatic carbocycles. The van der Waals surface area contributed by atoms with Crippen molar-refractivity contribution in [3.05, 3.63) is 23.8 Å². The summed E-state index contributed by atoms with van der Waals surface area (Å²) in [6.07, 6.45) is 2.25. The topological polar surface area (TPSA) is 114 Å². The molecule has 29 heavy (non-hydrogen) atoms. The van der Waals surface area contributed by atoms with Crippen LogP contribution in [0.5, 0.6) is 11.5 Å². The predicted molar refractivity (Wildman–Crippen MR) is 105 cm³/mol. The second kappa shape index (κ2) is 8.59. The van der Waals surface area contributed by atoms with Crippen LogP contribution in [0.1, 0.15) is 24.8 Å². The largest absolute Gasteiger partial charge is 0.493 e. The number of nitrogens with zero attached hydrogens (tertiary/aromatic N) is 2. The summed E-state index contributed by atoms with van der Waals surface area (Å²) in [5.41, 5.74) is 5.35. The normalized spacial score (nSPS) is 21.4. The summed E-state index contributed by atoms with van der Waals surface area (Å²) in [6.45, 7) is 1.82. The minimum atomic E-state index is -0.737. The molecule has 9 heteroatoms. The first-order valence-corrected chi connectivity index (χ1v) is 9.70. The molecule has 2 saturated heterocycles. The van der Waals surface area contributed by atoms with Gasteiger partial charge in [-0.1, -0.05) is 12.1 Å². The molecule has 3 rings (SSSR count). The minimum Gasteiger partial charge on any atom is -0.493 e. The Labute approximate surface area is 170 Å². The number of hydrogen-bond donors (Lipinski definition) is 2. The number of amides is 4. The molecule has 0 saturated carbocycles. The number of likely N-dealkylation sites (tertiary alicyclic amines) is 2. The molecule has 2 aliphatic heterocycles. The van der Waals surface area contributed by atoms with E-state index in [2.05, 4.69) is 5.32 Å². The van der Waals surface area contributed by atoms with E-state index in [1.54, 1.807) is 19.1 Å². The van der Waals surface area contributed by atoms with Crippen molar-refractivity contribution in [2.75, 3.05) is 40.4 Å². The van der Waals surface area contributed by atoms with Gasteiger partial charge in [0.15, 0.2) is 11.5 Å². The minimum absolute atomic E-state index is 0.0618. The van der Waals surface area contributed by atoms with Gasteiger partial charge >= 0.3 is 6.03 Å². The van der Waals surface area contributed by atoms with Crippen molar-refractivity contribution < 1.29 is 23.9 Å². The number of primary amides is 1. The van der Waals surface area contributed by atoms with Crippen molar-refractivity contribution in [2.24, 2.45) is 11.1 Å². The first kappa shape index (κ1) is 20.8. The van der Waals surface area contributed by atoms with Crippen LogP contribution in [0.3, 0.4) is 0 Å². The second-order valence-corrected chi connectivity index (χ2v) is 7.55. The Morgan fingerprint density at radius 1 is 1.21 bits per heavy atom. The van der Waals surface area contributed by atoms with Crippen LogP contribution in [0.4, 0.5) is 4.79 Å². The smallest absolute Gasteiger partial charge is 0.312 e. The van der Waals surface area contributed by atoms with Crippen LogP contribution in [-0.2, 0) is 16.1 Å². The van der Waals surface area contributed by atoms with E-state index in [1.807, 2.05) is 23.1 Å². The van der Waals surface area contributed by atoms with Gasteiger partial charge in [0.1, 0.15) is 0 Å². The number of ether oxygens (including phenoxy) is 2. The lowest BCUT2D eigenvalue weighted by Crippen LogP contribution is -2.50. The van der Waals surface area contributed by atoms with Crippen molar-refractivity contribution in [1.82, 2.24) is 15.1 Å². The van der Waals surface area contributed by atoms with Crippen molar-refractivity contribution >= 4 is 17.8 Å². The zero-order chi connectivity index (χ0) is 21.0. The summed E-state index contributed by atoms with van der Waals surface area (Å²) < 4.78 is 10.9. The third kappa shape index (κ3) is 4.23. The molecule has 2 fully saturated rings. The standard InChI is InChI=1S/C20H28N4O5/c1-28-15-6-3-5-14(17(15)29-2)12-23-9-4-7-20(18(23)26)8-10-24(13-20)16(25)11-22-19(21)27/h3,5-6H,4,7-13H2,1-2H3,(H3,21,22,27)/t20-/m0/s1. The fraction of sp³-hybridized carbons (Fsp3) is 0.550. The fourth-order valence-electron chi connectivity index (χ4n) is 4.33. The molecular weight excluding hydrogens is 376 g/mol. The Morgan fingerprint density at radius 3 is 2.69 bits per heavy atom. The Bertz CT molecular complexity index is 799. The SMILES string of the molecule is COc1cccc(CN2CCC[C@@]3(CCN(C(=O)CNC(N)=O)C3)C2=O)c1OC. The number of hydrogen-bond acceptors (Lipinski definition) is 5. The van der Waals surface area contributed by atoms with E-state index < -0.39 is 11.4 Å². The van der Waals surface area contributed by atoms with E-state index in [0.717, 1.165) is 18.4 Å². The van der Waals surface area contributed by atoms with Gasteiger partial charge in [-0.05, 0) is 25.3 Å². The molecule has 0 bridgehead atoms. The highest BCUT2D eigenvalue weighted by atomic mass is 16.5. The maximum Gasteiger partial charge on any atom is 0.312 e. The highest BCUT2D eigenvalue weighted by Crippen LogP contribution is 2.41. The second-order valence-electron chi connectivity index (χ2n) is 7.55. The predicted octanol–water partition coefficient (Wildman–Crippen LogP) is 0.713. The quantitative estimate of drug-likeness (QED) is 0.725. The lowest BCUT2D eigenvalue weighted by atomic mass is 9.78. The van der Waals surface area contributed by atoms with Crippen molar-refractivity contribution in [1.29, 1.82) is 0 Å². The molecule has 0 unspecified atom stereocenters. The van der Waals surface area contributed by atoms with E-state index in [-0.39, 0.29) is 18.4 Å². The average molecular weight is 404 g/mol. The summed E-state index contributed by atoms with van der Waals surface area (Å²) in [7, 11) is 3.17. The molecule has 3 N–H and O–H groups in total. The molecule has 1 atom stereocenters. The average Bonchev–Trinajstić information content (AvgIpc) is 3.14. The Hall–Kier alpha value is -2.97. The number of urea groups is 1. The maximum absolute atomic E-state index is 13.4. The van der Waals surface area contributed by atoms with Crippen LogP contribution in [0.15, 0.2) is 18.2 Å². The summed E-state index contributed by atoms with van der Waals surface area (Å²) in [4.78, 5) is 40.0. The number of nitrogens with one attached hydrogen (secondary N) is 1. The van der Waals surface area contributed by atoms with Gasteiger partial charge in [0.25, 0.3) is 0 Å². The van der Waals surface area contributed by atoms with Gasteiger partial charge in [-0.2, -0.15) is 0 Å². The summed E-state index contributed by atoms with van der Waals surface area (Å²) in [5.74, 6) is 1.10. The third-order valence-electron chi connectivity index (χ3n) is 5.79. The zero-order valence-electron chi connectivity index (χ0n) is 16.9. The first-order chi connectivity index (χ1) is 13.9. The lowest BCUT2D eigenvalue weighted by Gasteiger charge is -2.39. The van der Waals surface area contributed by atoms with Gasteiger partial charge < -0.3 is 30.3 Å². The molecule has 4 amide bonds. The monoisotopic (exact) mass is 404 g/mol. The molecule has 2 aliphatic rings. The maximum atomic E-state index is 13.4. The summed E-state index contributed by atoms with van der Waals surface area (Å²) in [5, 5.41) is 2.32. The molecule has 9 nitrogen and oxygen atoms in total. The first-order valence-electron chi connectivity index (χ1n) is 9.70. The van der Waals surface area contributed by atoms with Crippen LogP contribution < -0.4 is 20.5 Å². The van der Waals surface area contributed by atoms with Gasteiger partial charge in [0.05, 0.1) is 26.2 Å². The molecule has 158 valence electrons.